The minimum absolute atomic E-state index is 0.0296. The van der Waals surface area contributed by atoms with Crippen molar-refractivity contribution >= 4 is 50.6 Å². The molecule has 1 aromatic carbocycles. The van der Waals surface area contributed by atoms with Crippen LogP contribution in [-0.4, -0.2) is 51.9 Å². The molecule has 1 saturated heterocycles. The number of nitro benzene ring substituents is 1. The van der Waals surface area contributed by atoms with Gasteiger partial charge < -0.3 is 9.80 Å². The molecule has 1 aliphatic carbocycles. The number of amides is 1. The minimum atomic E-state index is -0.560. The van der Waals surface area contributed by atoms with E-state index in [4.69, 9.17) is 21.6 Å². The van der Waals surface area contributed by atoms with Crippen molar-refractivity contribution in [2.24, 2.45) is 0 Å². The SMILES string of the molecule is CCCc1nc(N2CCN(C(=O)c3ccc(Cl)c([N+](=O)[O-])c3)CC2)c2c3c(sc2n1)CCCCC3. The van der Waals surface area contributed by atoms with Crippen molar-refractivity contribution in [1.82, 2.24) is 14.9 Å². The predicted molar refractivity (Wildman–Crippen MR) is 139 cm³/mol. The molecule has 0 unspecified atom stereocenters. The number of aromatic nitrogens is 2. The third kappa shape index (κ3) is 4.71. The van der Waals surface area contributed by atoms with Crippen molar-refractivity contribution in [3.8, 4) is 0 Å². The lowest BCUT2D eigenvalue weighted by Crippen LogP contribution is -2.49. The number of rotatable bonds is 5. The Morgan fingerprint density at radius 1 is 1.14 bits per heavy atom. The summed E-state index contributed by atoms with van der Waals surface area (Å²) in [7, 11) is 0. The summed E-state index contributed by atoms with van der Waals surface area (Å²) in [5.74, 6) is 1.68. The number of hydrogen-bond donors (Lipinski definition) is 0. The lowest BCUT2D eigenvalue weighted by atomic mass is 10.1. The van der Waals surface area contributed by atoms with Gasteiger partial charge in [0.2, 0.25) is 0 Å². The quantitative estimate of drug-likeness (QED) is 0.256. The van der Waals surface area contributed by atoms with Gasteiger partial charge in [0.05, 0.1) is 10.3 Å². The number of hydrogen-bond acceptors (Lipinski definition) is 7. The summed E-state index contributed by atoms with van der Waals surface area (Å²) in [5, 5.41) is 12.5. The van der Waals surface area contributed by atoms with E-state index in [1.165, 1.54) is 47.2 Å². The maximum atomic E-state index is 13.1. The molecule has 2 aliphatic rings. The van der Waals surface area contributed by atoms with Crippen molar-refractivity contribution in [3.05, 3.63) is 55.2 Å². The van der Waals surface area contributed by atoms with Crippen LogP contribution < -0.4 is 4.90 Å². The number of thiophene rings is 1. The monoisotopic (exact) mass is 513 g/mol. The highest BCUT2D eigenvalue weighted by Gasteiger charge is 2.28. The Bertz CT molecular complexity index is 1290. The molecule has 3 heterocycles. The van der Waals surface area contributed by atoms with Gasteiger partial charge in [0.25, 0.3) is 11.6 Å². The number of nitro groups is 1. The lowest BCUT2D eigenvalue weighted by molar-refractivity contribution is -0.384. The van der Waals surface area contributed by atoms with Crippen LogP contribution in [0.4, 0.5) is 11.5 Å². The summed E-state index contributed by atoms with van der Waals surface area (Å²) in [6.07, 6.45) is 7.72. The Balaban J connectivity index is 1.41. The molecule has 1 fully saturated rings. The fourth-order valence-corrected chi connectivity index (χ4v) is 6.47. The largest absolute Gasteiger partial charge is 0.352 e. The van der Waals surface area contributed by atoms with Crippen LogP contribution in [0, 0.1) is 10.1 Å². The number of anilines is 1. The van der Waals surface area contributed by atoms with Gasteiger partial charge in [-0.15, -0.1) is 11.3 Å². The molecule has 0 atom stereocenters. The van der Waals surface area contributed by atoms with E-state index < -0.39 is 4.92 Å². The van der Waals surface area contributed by atoms with Crippen LogP contribution in [-0.2, 0) is 19.3 Å². The van der Waals surface area contributed by atoms with Crippen LogP contribution in [0.2, 0.25) is 5.02 Å². The molecule has 0 radical (unpaired) electrons. The fourth-order valence-electron chi connectivity index (χ4n) is 5.01. The first-order chi connectivity index (χ1) is 17.0. The summed E-state index contributed by atoms with van der Waals surface area (Å²) >= 11 is 7.75. The first-order valence-corrected chi connectivity index (χ1v) is 13.4. The smallest absolute Gasteiger partial charge is 0.288 e. The van der Waals surface area contributed by atoms with Gasteiger partial charge in [0, 0.05) is 49.1 Å². The van der Waals surface area contributed by atoms with Crippen LogP contribution in [0.25, 0.3) is 10.2 Å². The molecule has 1 amide bonds. The molecule has 0 saturated carbocycles. The van der Waals surface area contributed by atoms with Gasteiger partial charge in [-0.1, -0.05) is 24.9 Å². The van der Waals surface area contributed by atoms with Gasteiger partial charge in [-0.2, -0.15) is 0 Å². The predicted octanol–water partition coefficient (Wildman–Crippen LogP) is 5.44. The molecule has 5 rings (SSSR count). The molecule has 2 aromatic heterocycles. The third-order valence-corrected chi connectivity index (χ3v) is 8.33. The highest BCUT2D eigenvalue weighted by Crippen LogP contribution is 2.39. The van der Waals surface area contributed by atoms with Crippen molar-refractivity contribution in [1.29, 1.82) is 0 Å². The molecule has 1 aliphatic heterocycles. The lowest BCUT2D eigenvalue weighted by Gasteiger charge is -2.36. The highest BCUT2D eigenvalue weighted by molar-refractivity contribution is 7.19. The van der Waals surface area contributed by atoms with Crippen molar-refractivity contribution < 1.29 is 9.72 Å². The Labute approximate surface area is 213 Å². The first kappa shape index (κ1) is 23.9. The van der Waals surface area contributed by atoms with Gasteiger partial charge in [0.15, 0.2) is 0 Å². The maximum Gasteiger partial charge on any atom is 0.288 e. The normalized spacial score (nSPS) is 16.3. The number of piperazine rings is 1. The van der Waals surface area contributed by atoms with E-state index in [0.29, 0.717) is 26.2 Å². The summed E-state index contributed by atoms with van der Waals surface area (Å²) < 4.78 is 0. The van der Waals surface area contributed by atoms with E-state index in [1.54, 1.807) is 11.0 Å². The van der Waals surface area contributed by atoms with Gasteiger partial charge >= 0.3 is 0 Å². The van der Waals surface area contributed by atoms with E-state index in [-0.39, 0.29) is 22.2 Å². The van der Waals surface area contributed by atoms with Crippen molar-refractivity contribution in [3.63, 3.8) is 0 Å². The average Bonchev–Trinajstić information content (AvgIpc) is 3.04. The van der Waals surface area contributed by atoms with E-state index in [1.807, 2.05) is 11.3 Å². The molecule has 0 N–H and O–H groups in total. The van der Waals surface area contributed by atoms with Gasteiger partial charge in [-0.05, 0) is 49.8 Å². The number of fused-ring (bicyclic) bond motifs is 3. The number of nitrogens with zero attached hydrogens (tertiary/aromatic N) is 5. The van der Waals surface area contributed by atoms with E-state index in [9.17, 15) is 14.9 Å². The number of carbonyl (C=O) groups excluding carboxylic acids is 1. The molecule has 35 heavy (non-hydrogen) atoms. The Morgan fingerprint density at radius 2 is 1.91 bits per heavy atom. The van der Waals surface area contributed by atoms with Crippen LogP contribution >= 0.6 is 22.9 Å². The van der Waals surface area contributed by atoms with Crippen LogP contribution in [0.5, 0.6) is 0 Å². The zero-order valence-electron chi connectivity index (χ0n) is 19.8. The topological polar surface area (TPSA) is 92.5 Å². The van der Waals surface area contributed by atoms with E-state index in [0.717, 1.165) is 42.2 Å². The summed E-state index contributed by atoms with van der Waals surface area (Å²) in [4.78, 5) is 40.3. The first-order valence-electron chi connectivity index (χ1n) is 12.3. The number of benzene rings is 1. The molecule has 0 bridgehead atoms. The average molecular weight is 514 g/mol. The third-order valence-electron chi connectivity index (χ3n) is 6.82. The van der Waals surface area contributed by atoms with Gasteiger partial charge in [-0.3, -0.25) is 14.9 Å². The molecule has 10 heteroatoms. The van der Waals surface area contributed by atoms with Crippen molar-refractivity contribution in [2.75, 3.05) is 31.1 Å². The molecular formula is C25H28ClN5O3S. The Hall–Kier alpha value is -2.78. The molecule has 184 valence electrons. The molecular weight excluding hydrogens is 486 g/mol. The number of halogens is 1. The van der Waals surface area contributed by atoms with Crippen LogP contribution in [0.1, 0.15) is 59.2 Å². The summed E-state index contributed by atoms with van der Waals surface area (Å²) in [6.45, 7) is 4.50. The highest BCUT2D eigenvalue weighted by atomic mass is 35.5. The second-order valence-corrected chi connectivity index (χ2v) is 10.7. The summed E-state index contributed by atoms with van der Waals surface area (Å²) in [6, 6.07) is 4.23. The summed E-state index contributed by atoms with van der Waals surface area (Å²) in [5.41, 5.74) is 1.46. The fraction of sp³-hybridized carbons (Fsp3) is 0.480. The minimum Gasteiger partial charge on any atom is -0.352 e. The van der Waals surface area contributed by atoms with E-state index >= 15 is 0 Å². The van der Waals surface area contributed by atoms with Crippen LogP contribution in [0.3, 0.4) is 0 Å². The van der Waals surface area contributed by atoms with E-state index in [2.05, 4.69) is 11.8 Å². The van der Waals surface area contributed by atoms with Crippen molar-refractivity contribution in [2.45, 2.75) is 51.9 Å². The second-order valence-electron chi connectivity index (χ2n) is 9.16. The molecule has 0 spiro atoms. The number of aryl methyl sites for hydroxylation is 3. The standard InChI is InChI=1S/C25H28ClN5O3S/c1-2-6-21-27-23(22-17-7-4-3-5-8-20(17)35-24(22)28-21)29-11-13-30(14-12-29)25(32)16-9-10-18(26)19(15-16)31(33)34/h9-10,15H,2-8,11-14H2,1H3. The zero-order valence-corrected chi connectivity index (χ0v) is 21.3. The van der Waals surface area contributed by atoms with Crippen LogP contribution in [0.15, 0.2) is 18.2 Å². The molecule has 8 nitrogen and oxygen atoms in total. The van der Waals surface area contributed by atoms with Gasteiger partial charge in [0.1, 0.15) is 21.5 Å². The maximum absolute atomic E-state index is 13.1. The number of carbonyl (C=O) groups is 1. The Morgan fingerprint density at radius 3 is 2.66 bits per heavy atom. The Kier molecular flexibility index (Phi) is 6.88. The van der Waals surface area contributed by atoms with Gasteiger partial charge in [-0.25, -0.2) is 9.97 Å². The second kappa shape index (κ2) is 10.1. The molecule has 3 aromatic rings. The zero-order chi connectivity index (χ0) is 24.5.